The highest BCUT2D eigenvalue weighted by Gasteiger charge is 2.40. The third kappa shape index (κ3) is 1.95. The van der Waals surface area contributed by atoms with Crippen molar-refractivity contribution in [1.82, 2.24) is 0 Å². The summed E-state index contributed by atoms with van der Waals surface area (Å²) in [6.07, 6.45) is 3.68. The number of benzene rings is 1. The van der Waals surface area contributed by atoms with Crippen LogP contribution in [0.1, 0.15) is 54.4 Å². The van der Waals surface area contributed by atoms with Crippen LogP contribution in [0.15, 0.2) is 24.3 Å². The number of aryl methyl sites for hydroxylation is 1. The Labute approximate surface area is 136 Å². The van der Waals surface area contributed by atoms with Crippen LogP contribution >= 0.6 is 11.3 Å². The predicted octanol–water partition coefficient (Wildman–Crippen LogP) is 2.53. The van der Waals surface area contributed by atoms with Crippen molar-refractivity contribution in [2.75, 3.05) is 4.90 Å². The Morgan fingerprint density at radius 1 is 1.04 bits per heavy atom. The van der Waals surface area contributed by atoms with E-state index >= 15 is 0 Å². The molecule has 2 N–H and O–H groups in total. The molecule has 0 spiro atoms. The molecule has 4 rings (SSSR count). The van der Waals surface area contributed by atoms with Crippen LogP contribution in [-0.2, 0) is 12.8 Å². The van der Waals surface area contributed by atoms with Crippen molar-refractivity contribution >= 4 is 34.1 Å². The quantitative estimate of drug-likeness (QED) is 0.861. The zero-order chi connectivity index (χ0) is 16.1. The summed E-state index contributed by atoms with van der Waals surface area (Å²) >= 11 is 1.35. The molecule has 0 radical (unpaired) electrons. The van der Waals surface area contributed by atoms with E-state index < -0.39 is 5.91 Å². The molecule has 2 aromatic rings. The van der Waals surface area contributed by atoms with E-state index in [1.54, 1.807) is 24.3 Å². The van der Waals surface area contributed by atoms with Gasteiger partial charge in [0.15, 0.2) is 0 Å². The lowest BCUT2D eigenvalue weighted by atomic mass is 9.95. The van der Waals surface area contributed by atoms with Gasteiger partial charge in [-0.1, -0.05) is 12.1 Å². The number of hydrogen-bond acceptors (Lipinski definition) is 4. The number of fused-ring (bicyclic) bond motifs is 2. The molecule has 0 fully saturated rings. The number of carbonyl (C=O) groups is 3. The Bertz CT molecular complexity index is 834. The maximum Gasteiger partial charge on any atom is 0.266 e. The molecule has 6 heteroatoms. The molecule has 1 aromatic carbocycles. The zero-order valence-corrected chi connectivity index (χ0v) is 13.1. The molecule has 1 aliphatic heterocycles. The minimum atomic E-state index is -0.573. The summed E-state index contributed by atoms with van der Waals surface area (Å²) in [4.78, 5) is 39.5. The summed E-state index contributed by atoms with van der Waals surface area (Å²) in [6.45, 7) is 0. The van der Waals surface area contributed by atoms with Crippen LogP contribution in [0, 0.1) is 0 Å². The normalized spacial score (nSPS) is 16.4. The average Bonchev–Trinajstić information content (AvgIpc) is 3.04. The third-order valence-electron chi connectivity index (χ3n) is 4.40. The minimum Gasteiger partial charge on any atom is -0.365 e. The standard InChI is InChI=1S/C17H14N2O3S/c18-14(20)13-11-7-3-4-8-12(11)23-17(13)19-15(21)9-5-1-2-6-10(9)16(19)22/h1-2,5-6H,3-4,7-8H2,(H2,18,20). The Morgan fingerprint density at radius 2 is 1.65 bits per heavy atom. The number of nitrogens with two attached hydrogens (primary N) is 1. The molecule has 0 bridgehead atoms. The largest absolute Gasteiger partial charge is 0.365 e. The van der Waals surface area contributed by atoms with Gasteiger partial charge in [0.1, 0.15) is 5.00 Å². The first-order valence-corrected chi connectivity index (χ1v) is 8.33. The molecule has 2 aliphatic rings. The molecule has 0 saturated carbocycles. The van der Waals surface area contributed by atoms with Gasteiger partial charge in [-0.15, -0.1) is 11.3 Å². The summed E-state index contributed by atoms with van der Waals surface area (Å²) in [5.41, 5.74) is 7.58. The average molecular weight is 326 g/mol. The molecular weight excluding hydrogens is 312 g/mol. The fourth-order valence-corrected chi connectivity index (χ4v) is 4.73. The third-order valence-corrected chi connectivity index (χ3v) is 5.67. The molecule has 0 saturated heterocycles. The molecular formula is C17H14N2O3S. The maximum absolute atomic E-state index is 12.7. The van der Waals surface area contributed by atoms with Crippen LogP contribution < -0.4 is 10.6 Å². The lowest BCUT2D eigenvalue weighted by Crippen LogP contribution is -2.31. The first-order chi connectivity index (χ1) is 11.1. The molecule has 0 atom stereocenters. The van der Waals surface area contributed by atoms with Gasteiger partial charge in [-0.2, -0.15) is 0 Å². The molecule has 23 heavy (non-hydrogen) atoms. The maximum atomic E-state index is 12.7. The Hall–Kier alpha value is -2.47. The number of carbonyl (C=O) groups excluding carboxylic acids is 3. The highest BCUT2D eigenvalue weighted by molar-refractivity contribution is 7.17. The van der Waals surface area contributed by atoms with Crippen molar-refractivity contribution in [2.45, 2.75) is 25.7 Å². The minimum absolute atomic E-state index is 0.346. The monoisotopic (exact) mass is 326 g/mol. The predicted molar refractivity (Wildman–Crippen MR) is 87.1 cm³/mol. The van der Waals surface area contributed by atoms with Crippen molar-refractivity contribution < 1.29 is 14.4 Å². The molecule has 5 nitrogen and oxygen atoms in total. The van der Waals surface area contributed by atoms with Crippen LogP contribution in [-0.4, -0.2) is 17.7 Å². The van der Waals surface area contributed by atoms with Gasteiger partial charge < -0.3 is 5.73 Å². The number of nitrogens with zero attached hydrogens (tertiary/aromatic N) is 1. The van der Waals surface area contributed by atoms with E-state index in [-0.39, 0.29) is 11.8 Å². The van der Waals surface area contributed by atoms with Gasteiger partial charge in [0, 0.05) is 4.88 Å². The molecule has 3 amide bonds. The Balaban J connectivity index is 1.90. The number of rotatable bonds is 2. The highest BCUT2D eigenvalue weighted by atomic mass is 32.1. The number of primary amides is 1. The lowest BCUT2D eigenvalue weighted by Gasteiger charge is -2.14. The van der Waals surface area contributed by atoms with Crippen LogP contribution in [0.25, 0.3) is 0 Å². The van der Waals surface area contributed by atoms with E-state index in [0.29, 0.717) is 21.7 Å². The van der Waals surface area contributed by atoms with Gasteiger partial charge in [-0.05, 0) is 43.4 Å². The van der Waals surface area contributed by atoms with Crippen molar-refractivity contribution in [3.8, 4) is 0 Å². The second-order valence-electron chi connectivity index (χ2n) is 5.75. The van der Waals surface area contributed by atoms with Crippen molar-refractivity contribution in [3.05, 3.63) is 51.4 Å². The van der Waals surface area contributed by atoms with Crippen molar-refractivity contribution in [1.29, 1.82) is 0 Å². The fourth-order valence-electron chi connectivity index (χ4n) is 3.34. The van der Waals surface area contributed by atoms with Crippen LogP contribution in [0.4, 0.5) is 5.00 Å². The summed E-state index contributed by atoms with van der Waals surface area (Å²) in [6, 6.07) is 6.71. The van der Waals surface area contributed by atoms with Crippen LogP contribution in [0.2, 0.25) is 0 Å². The summed E-state index contributed by atoms with van der Waals surface area (Å²) in [5.74, 6) is -1.34. The second kappa shape index (κ2) is 5.03. The van der Waals surface area contributed by atoms with E-state index in [1.807, 2.05) is 0 Å². The highest BCUT2D eigenvalue weighted by Crippen LogP contribution is 2.42. The molecule has 1 aromatic heterocycles. The first-order valence-electron chi connectivity index (χ1n) is 7.51. The summed E-state index contributed by atoms with van der Waals surface area (Å²) < 4.78 is 0. The number of thiophene rings is 1. The van der Waals surface area contributed by atoms with E-state index in [1.165, 1.54) is 11.3 Å². The van der Waals surface area contributed by atoms with Crippen LogP contribution in [0.3, 0.4) is 0 Å². The number of hydrogen-bond donors (Lipinski definition) is 1. The summed E-state index contributed by atoms with van der Waals surface area (Å²) in [7, 11) is 0. The zero-order valence-electron chi connectivity index (χ0n) is 12.3. The smallest absolute Gasteiger partial charge is 0.266 e. The molecule has 116 valence electrons. The molecule has 1 aliphatic carbocycles. The van der Waals surface area contributed by atoms with E-state index in [9.17, 15) is 14.4 Å². The van der Waals surface area contributed by atoms with Gasteiger partial charge in [0.05, 0.1) is 16.7 Å². The van der Waals surface area contributed by atoms with Crippen molar-refractivity contribution in [3.63, 3.8) is 0 Å². The topological polar surface area (TPSA) is 80.5 Å². The fraction of sp³-hybridized carbons (Fsp3) is 0.235. The number of imide groups is 1. The number of amides is 3. The molecule has 0 unspecified atom stereocenters. The first kappa shape index (κ1) is 14.1. The Morgan fingerprint density at radius 3 is 2.26 bits per heavy atom. The SMILES string of the molecule is NC(=O)c1c(N2C(=O)c3ccccc3C2=O)sc2c1CCCC2. The van der Waals surface area contributed by atoms with E-state index in [4.69, 9.17) is 5.73 Å². The van der Waals surface area contributed by atoms with Gasteiger partial charge in [-0.25, -0.2) is 4.90 Å². The molecule has 2 heterocycles. The Kier molecular flexibility index (Phi) is 3.09. The second-order valence-corrected chi connectivity index (χ2v) is 6.83. The van der Waals surface area contributed by atoms with E-state index in [0.717, 1.165) is 41.0 Å². The summed E-state index contributed by atoms with van der Waals surface area (Å²) in [5, 5.41) is 0.385. The van der Waals surface area contributed by atoms with Gasteiger partial charge in [0.25, 0.3) is 17.7 Å². The van der Waals surface area contributed by atoms with E-state index in [2.05, 4.69) is 0 Å². The number of anilines is 1. The van der Waals surface area contributed by atoms with Gasteiger partial charge in [0.2, 0.25) is 0 Å². The van der Waals surface area contributed by atoms with Gasteiger partial charge >= 0.3 is 0 Å². The van der Waals surface area contributed by atoms with Gasteiger partial charge in [-0.3, -0.25) is 14.4 Å². The lowest BCUT2D eigenvalue weighted by molar-refractivity contribution is 0.0927. The van der Waals surface area contributed by atoms with Crippen LogP contribution in [0.5, 0.6) is 0 Å². The van der Waals surface area contributed by atoms with Crippen molar-refractivity contribution in [2.24, 2.45) is 5.73 Å².